The third-order valence-electron chi connectivity index (χ3n) is 4.14. The van der Waals surface area contributed by atoms with Crippen LogP contribution in [0, 0.1) is 5.92 Å². The molecule has 0 aromatic heterocycles. The van der Waals surface area contributed by atoms with Crippen LogP contribution in [0.25, 0.3) is 0 Å². The second-order valence-corrected chi connectivity index (χ2v) is 5.97. The van der Waals surface area contributed by atoms with Gasteiger partial charge >= 0.3 is 0 Å². The molecule has 1 aromatic carbocycles. The molecule has 1 aromatic rings. The minimum atomic E-state index is -0.187. The second-order valence-electron chi connectivity index (χ2n) is 5.97. The number of carbonyl (C=O) groups excluding carboxylic acids is 1. The molecule has 0 radical (unpaired) electrons. The molecule has 1 aliphatic carbocycles. The summed E-state index contributed by atoms with van der Waals surface area (Å²) in [6, 6.07) is 6.12. The highest BCUT2D eigenvalue weighted by molar-refractivity contribution is 6.03. The summed E-state index contributed by atoms with van der Waals surface area (Å²) >= 11 is 0. The van der Waals surface area contributed by atoms with Crippen LogP contribution in [0.15, 0.2) is 18.2 Å². The lowest BCUT2D eigenvalue weighted by Crippen LogP contribution is -2.27. The van der Waals surface area contributed by atoms with E-state index in [9.17, 15) is 4.79 Å². The molecule has 2 aliphatic rings. The van der Waals surface area contributed by atoms with Gasteiger partial charge in [0.05, 0.1) is 0 Å². The molecule has 1 heterocycles. The van der Waals surface area contributed by atoms with Crippen molar-refractivity contribution in [3.8, 4) is 0 Å². The van der Waals surface area contributed by atoms with Gasteiger partial charge in [-0.2, -0.15) is 0 Å². The number of fused-ring (bicyclic) bond motifs is 1. The summed E-state index contributed by atoms with van der Waals surface area (Å²) in [6.45, 7) is 4.09. The van der Waals surface area contributed by atoms with Gasteiger partial charge in [0.25, 0.3) is 0 Å². The van der Waals surface area contributed by atoms with Gasteiger partial charge in [-0.05, 0) is 43.9 Å². The van der Waals surface area contributed by atoms with E-state index in [2.05, 4.69) is 47.7 Å². The molecule has 1 fully saturated rings. The monoisotopic (exact) mass is 273 g/mol. The van der Waals surface area contributed by atoms with Crippen LogP contribution in [0.4, 0.5) is 11.4 Å². The molecular formula is C16H23N3O. The molecule has 20 heavy (non-hydrogen) atoms. The standard InChI is InChI=1S/C16H23N3O/c1-3-8-17-15-13-7-6-12(9-14(13)18-16(15)20)19(2)10-11-4-5-11/h6-7,9,11,15,17H,3-5,8,10H2,1-2H3,(H,18,20). The fraction of sp³-hybridized carbons (Fsp3) is 0.562. The highest BCUT2D eigenvalue weighted by Crippen LogP contribution is 2.35. The molecule has 3 rings (SSSR count). The van der Waals surface area contributed by atoms with E-state index in [1.807, 2.05) is 0 Å². The number of amides is 1. The number of carbonyl (C=O) groups is 1. The first kappa shape index (κ1) is 13.4. The zero-order valence-corrected chi connectivity index (χ0v) is 12.3. The fourth-order valence-electron chi connectivity index (χ4n) is 2.77. The van der Waals surface area contributed by atoms with Crippen LogP contribution in [-0.2, 0) is 4.79 Å². The van der Waals surface area contributed by atoms with Gasteiger partial charge in [0, 0.05) is 30.5 Å². The first-order valence-electron chi connectivity index (χ1n) is 7.58. The molecular weight excluding hydrogens is 250 g/mol. The molecule has 1 saturated carbocycles. The van der Waals surface area contributed by atoms with Gasteiger partial charge in [0.15, 0.2) is 0 Å². The maximum atomic E-state index is 12.0. The van der Waals surface area contributed by atoms with E-state index in [1.54, 1.807) is 0 Å². The average Bonchev–Trinajstić information content (AvgIpc) is 3.18. The molecule has 0 spiro atoms. The predicted molar refractivity (Wildman–Crippen MR) is 82.1 cm³/mol. The van der Waals surface area contributed by atoms with E-state index in [0.717, 1.165) is 36.7 Å². The molecule has 4 heteroatoms. The van der Waals surface area contributed by atoms with Crippen molar-refractivity contribution in [2.75, 3.05) is 30.4 Å². The van der Waals surface area contributed by atoms with Crippen LogP contribution in [0.5, 0.6) is 0 Å². The van der Waals surface area contributed by atoms with E-state index in [1.165, 1.54) is 18.5 Å². The Bertz CT molecular complexity index is 510. The Kier molecular flexibility index (Phi) is 3.66. The summed E-state index contributed by atoms with van der Waals surface area (Å²) in [5.74, 6) is 0.928. The van der Waals surface area contributed by atoms with E-state index >= 15 is 0 Å². The van der Waals surface area contributed by atoms with E-state index in [-0.39, 0.29) is 11.9 Å². The van der Waals surface area contributed by atoms with E-state index in [4.69, 9.17) is 0 Å². The third-order valence-corrected chi connectivity index (χ3v) is 4.14. The molecule has 1 unspecified atom stereocenters. The van der Waals surface area contributed by atoms with Crippen LogP contribution in [0.1, 0.15) is 37.8 Å². The van der Waals surface area contributed by atoms with Crippen LogP contribution in [0.2, 0.25) is 0 Å². The lowest BCUT2D eigenvalue weighted by Gasteiger charge is -2.20. The Morgan fingerprint density at radius 3 is 2.90 bits per heavy atom. The Hall–Kier alpha value is -1.55. The molecule has 0 saturated heterocycles. The van der Waals surface area contributed by atoms with Gasteiger partial charge in [-0.1, -0.05) is 13.0 Å². The summed E-state index contributed by atoms with van der Waals surface area (Å²) in [5, 5.41) is 6.29. The van der Waals surface area contributed by atoms with E-state index in [0.29, 0.717) is 0 Å². The smallest absolute Gasteiger partial charge is 0.246 e. The SMILES string of the molecule is CCCNC1C(=O)Nc2cc(N(C)CC3CC3)ccc21. The molecule has 2 N–H and O–H groups in total. The second kappa shape index (κ2) is 5.44. The zero-order chi connectivity index (χ0) is 14.1. The number of anilines is 2. The number of hydrogen-bond acceptors (Lipinski definition) is 3. The van der Waals surface area contributed by atoms with Gasteiger partial charge in [-0.15, -0.1) is 0 Å². The lowest BCUT2D eigenvalue weighted by atomic mass is 10.1. The summed E-state index contributed by atoms with van der Waals surface area (Å²) in [6.07, 6.45) is 3.74. The largest absolute Gasteiger partial charge is 0.374 e. The fourth-order valence-corrected chi connectivity index (χ4v) is 2.77. The van der Waals surface area contributed by atoms with Gasteiger partial charge < -0.3 is 15.5 Å². The summed E-state index contributed by atoms with van der Waals surface area (Å²) in [4.78, 5) is 14.3. The van der Waals surface area contributed by atoms with Crippen LogP contribution >= 0.6 is 0 Å². The van der Waals surface area contributed by atoms with Crippen molar-refractivity contribution in [1.29, 1.82) is 0 Å². The van der Waals surface area contributed by atoms with Crippen molar-refractivity contribution in [3.63, 3.8) is 0 Å². The molecule has 0 bridgehead atoms. The number of rotatable bonds is 6. The lowest BCUT2D eigenvalue weighted by molar-refractivity contribution is -0.117. The number of hydrogen-bond donors (Lipinski definition) is 2. The Morgan fingerprint density at radius 1 is 1.40 bits per heavy atom. The average molecular weight is 273 g/mol. The predicted octanol–water partition coefficient (Wildman–Crippen LogP) is 2.53. The van der Waals surface area contributed by atoms with Gasteiger partial charge in [0.1, 0.15) is 6.04 Å². The minimum Gasteiger partial charge on any atom is -0.374 e. The number of nitrogens with zero attached hydrogens (tertiary/aromatic N) is 1. The maximum absolute atomic E-state index is 12.0. The minimum absolute atomic E-state index is 0.0652. The van der Waals surface area contributed by atoms with Crippen molar-refractivity contribution in [1.82, 2.24) is 5.32 Å². The van der Waals surface area contributed by atoms with Crippen molar-refractivity contribution >= 4 is 17.3 Å². The van der Waals surface area contributed by atoms with Crippen molar-refractivity contribution in [3.05, 3.63) is 23.8 Å². The van der Waals surface area contributed by atoms with Crippen molar-refractivity contribution in [2.45, 2.75) is 32.2 Å². The maximum Gasteiger partial charge on any atom is 0.246 e. The highest BCUT2D eigenvalue weighted by Gasteiger charge is 2.30. The van der Waals surface area contributed by atoms with E-state index < -0.39 is 0 Å². The van der Waals surface area contributed by atoms with Gasteiger partial charge in [-0.25, -0.2) is 0 Å². The summed E-state index contributed by atoms with van der Waals surface area (Å²) < 4.78 is 0. The Morgan fingerprint density at radius 2 is 2.20 bits per heavy atom. The molecule has 1 aliphatic heterocycles. The van der Waals surface area contributed by atoms with Gasteiger partial charge in [0.2, 0.25) is 5.91 Å². The molecule has 1 amide bonds. The number of benzene rings is 1. The third kappa shape index (κ3) is 2.66. The molecule has 4 nitrogen and oxygen atoms in total. The van der Waals surface area contributed by atoms with Gasteiger partial charge in [-0.3, -0.25) is 4.79 Å². The van der Waals surface area contributed by atoms with Crippen molar-refractivity contribution < 1.29 is 4.79 Å². The molecule has 108 valence electrons. The first-order chi connectivity index (χ1) is 9.69. The molecule has 1 atom stereocenters. The summed E-state index contributed by atoms with van der Waals surface area (Å²) in [5.41, 5.74) is 3.22. The van der Waals surface area contributed by atoms with Crippen LogP contribution in [-0.4, -0.2) is 26.0 Å². The summed E-state index contributed by atoms with van der Waals surface area (Å²) in [7, 11) is 2.13. The van der Waals surface area contributed by atoms with Crippen LogP contribution < -0.4 is 15.5 Å². The van der Waals surface area contributed by atoms with Crippen molar-refractivity contribution in [2.24, 2.45) is 5.92 Å². The Balaban J connectivity index is 1.76. The first-order valence-corrected chi connectivity index (χ1v) is 7.58. The number of nitrogens with one attached hydrogen (secondary N) is 2. The highest BCUT2D eigenvalue weighted by atomic mass is 16.2. The quantitative estimate of drug-likeness (QED) is 0.837. The topological polar surface area (TPSA) is 44.4 Å². The van der Waals surface area contributed by atoms with Crippen LogP contribution in [0.3, 0.4) is 0 Å². The Labute approximate surface area is 120 Å². The zero-order valence-electron chi connectivity index (χ0n) is 12.3. The normalized spacial score (nSPS) is 20.7.